The van der Waals surface area contributed by atoms with Crippen LogP contribution in [-0.4, -0.2) is 45.6 Å². The molecule has 1 aliphatic rings. The van der Waals surface area contributed by atoms with Gasteiger partial charge in [0.15, 0.2) is 0 Å². The van der Waals surface area contributed by atoms with Crippen molar-refractivity contribution in [3.05, 3.63) is 17.5 Å². The second kappa shape index (κ2) is 6.74. The van der Waals surface area contributed by atoms with E-state index in [1.807, 2.05) is 11.9 Å². The standard InChI is InChI=1S/C15H24N4O2/c1-4-6-14-13(9-16-18(14)3)15(21)19-8-5-7-12(10-19)17-11(2)20/h9,12H,4-8,10H2,1-3H3,(H,17,20)/t12-/m0/s1. The fourth-order valence-electron chi connectivity index (χ4n) is 2.91. The number of nitrogens with zero attached hydrogens (tertiary/aromatic N) is 3. The highest BCUT2D eigenvalue weighted by Gasteiger charge is 2.27. The summed E-state index contributed by atoms with van der Waals surface area (Å²) in [6.45, 7) is 4.93. The summed E-state index contributed by atoms with van der Waals surface area (Å²) in [7, 11) is 1.87. The van der Waals surface area contributed by atoms with Gasteiger partial charge in [0.2, 0.25) is 5.91 Å². The van der Waals surface area contributed by atoms with Crippen molar-refractivity contribution >= 4 is 11.8 Å². The Kier molecular flexibility index (Phi) is 4.98. The summed E-state index contributed by atoms with van der Waals surface area (Å²) in [5.41, 5.74) is 1.69. The fraction of sp³-hybridized carbons (Fsp3) is 0.667. The van der Waals surface area contributed by atoms with Gasteiger partial charge in [-0.1, -0.05) is 13.3 Å². The van der Waals surface area contributed by atoms with Gasteiger partial charge >= 0.3 is 0 Å². The lowest BCUT2D eigenvalue weighted by molar-refractivity contribution is -0.120. The van der Waals surface area contributed by atoms with E-state index in [1.165, 1.54) is 6.92 Å². The molecule has 2 amide bonds. The van der Waals surface area contributed by atoms with Crippen LogP contribution in [0.4, 0.5) is 0 Å². The Morgan fingerprint density at radius 1 is 1.48 bits per heavy atom. The first-order chi connectivity index (χ1) is 10.0. The summed E-state index contributed by atoms with van der Waals surface area (Å²) in [5, 5.41) is 7.13. The third-order valence-electron chi connectivity index (χ3n) is 3.89. The van der Waals surface area contributed by atoms with E-state index < -0.39 is 0 Å². The topological polar surface area (TPSA) is 67.2 Å². The minimum Gasteiger partial charge on any atom is -0.352 e. The van der Waals surface area contributed by atoms with E-state index in [9.17, 15) is 9.59 Å². The molecule has 0 spiro atoms. The number of hydrogen-bond donors (Lipinski definition) is 1. The zero-order valence-electron chi connectivity index (χ0n) is 13.1. The molecular weight excluding hydrogens is 268 g/mol. The molecule has 1 aliphatic heterocycles. The number of amides is 2. The van der Waals surface area contributed by atoms with Crippen LogP contribution in [0.1, 0.15) is 49.2 Å². The van der Waals surface area contributed by atoms with Gasteiger partial charge in [-0.05, 0) is 19.3 Å². The van der Waals surface area contributed by atoms with Crippen molar-refractivity contribution in [3.63, 3.8) is 0 Å². The van der Waals surface area contributed by atoms with Crippen LogP contribution < -0.4 is 5.32 Å². The molecule has 2 heterocycles. The van der Waals surface area contributed by atoms with Crippen LogP contribution in [0, 0.1) is 0 Å². The SMILES string of the molecule is CCCc1c(C(=O)N2CCC[C@H](NC(C)=O)C2)cnn1C. The summed E-state index contributed by atoms with van der Waals surface area (Å²) in [4.78, 5) is 25.7. The Hall–Kier alpha value is -1.85. The molecule has 1 saturated heterocycles. The number of aromatic nitrogens is 2. The first-order valence-electron chi connectivity index (χ1n) is 7.60. The van der Waals surface area contributed by atoms with Crippen LogP contribution in [0.15, 0.2) is 6.20 Å². The van der Waals surface area contributed by atoms with Gasteiger partial charge in [-0.2, -0.15) is 5.10 Å². The van der Waals surface area contributed by atoms with Crippen molar-refractivity contribution in [1.82, 2.24) is 20.0 Å². The second-order valence-electron chi connectivity index (χ2n) is 5.67. The van der Waals surface area contributed by atoms with Crippen LogP contribution in [0.25, 0.3) is 0 Å². The van der Waals surface area contributed by atoms with Gasteiger partial charge in [-0.25, -0.2) is 0 Å². The van der Waals surface area contributed by atoms with E-state index in [0.29, 0.717) is 12.1 Å². The van der Waals surface area contributed by atoms with Crippen LogP contribution >= 0.6 is 0 Å². The molecule has 1 aromatic heterocycles. The monoisotopic (exact) mass is 292 g/mol. The summed E-state index contributed by atoms with van der Waals surface area (Å²) >= 11 is 0. The van der Waals surface area contributed by atoms with E-state index in [2.05, 4.69) is 17.3 Å². The zero-order chi connectivity index (χ0) is 15.4. The van der Waals surface area contributed by atoms with Crippen molar-refractivity contribution in [2.75, 3.05) is 13.1 Å². The quantitative estimate of drug-likeness (QED) is 0.904. The highest BCUT2D eigenvalue weighted by molar-refractivity contribution is 5.95. The largest absolute Gasteiger partial charge is 0.352 e. The average Bonchev–Trinajstić information content (AvgIpc) is 2.80. The van der Waals surface area contributed by atoms with Crippen LogP contribution in [0.2, 0.25) is 0 Å². The highest BCUT2D eigenvalue weighted by atomic mass is 16.2. The number of aryl methyl sites for hydroxylation is 1. The molecular formula is C15H24N4O2. The van der Waals surface area contributed by atoms with Crippen molar-refractivity contribution in [2.24, 2.45) is 7.05 Å². The Balaban J connectivity index is 2.10. The Morgan fingerprint density at radius 2 is 2.24 bits per heavy atom. The van der Waals surface area contributed by atoms with Crippen molar-refractivity contribution in [3.8, 4) is 0 Å². The number of carbonyl (C=O) groups excluding carboxylic acids is 2. The van der Waals surface area contributed by atoms with Gasteiger partial charge in [0.1, 0.15) is 0 Å². The van der Waals surface area contributed by atoms with Gasteiger partial charge in [-0.3, -0.25) is 14.3 Å². The molecule has 0 aromatic carbocycles. The summed E-state index contributed by atoms with van der Waals surface area (Å²) in [6.07, 6.45) is 5.34. The molecule has 1 fully saturated rings. The lowest BCUT2D eigenvalue weighted by atomic mass is 10.0. The molecule has 0 unspecified atom stereocenters. The molecule has 0 saturated carbocycles. The molecule has 6 nitrogen and oxygen atoms in total. The second-order valence-corrected chi connectivity index (χ2v) is 5.67. The van der Waals surface area contributed by atoms with Gasteiger partial charge in [0.25, 0.3) is 5.91 Å². The minimum absolute atomic E-state index is 0.0293. The average molecular weight is 292 g/mol. The van der Waals surface area contributed by atoms with E-state index in [4.69, 9.17) is 0 Å². The van der Waals surface area contributed by atoms with Gasteiger partial charge in [0.05, 0.1) is 17.5 Å². The number of likely N-dealkylation sites (tertiary alicyclic amines) is 1. The lowest BCUT2D eigenvalue weighted by Gasteiger charge is -2.33. The Bertz CT molecular complexity index is 524. The van der Waals surface area contributed by atoms with Gasteiger partial charge in [0, 0.05) is 33.1 Å². The van der Waals surface area contributed by atoms with E-state index >= 15 is 0 Å². The smallest absolute Gasteiger partial charge is 0.257 e. The molecule has 6 heteroatoms. The minimum atomic E-state index is -0.0395. The van der Waals surface area contributed by atoms with Crippen molar-refractivity contribution < 1.29 is 9.59 Å². The first kappa shape index (κ1) is 15.5. The van der Waals surface area contributed by atoms with Crippen molar-refractivity contribution in [2.45, 2.75) is 45.6 Å². The maximum absolute atomic E-state index is 12.7. The predicted octanol–water partition coefficient (Wildman–Crippen LogP) is 1.11. The molecule has 0 bridgehead atoms. The maximum atomic E-state index is 12.7. The zero-order valence-corrected chi connectivity index (χ0v) is 13.1. The van der Waals surface area contributed by atoms with Crippen LogP contribution in [-0.2, 0) is 18.3 Å². The van der Waals surface area contributed by atoms with Crippen LogP contribution in [0.3, 0.4) is 0 Å². The van der Waals surface area contributed by atoms with E-state index in [-0.39, 0.29) is 17.9 Å². The van der Waals surface area contributed by atoms with E-state index in [0.717, 1.165) is 37.9 Å². The number of rotatable bonds is 4. The molecule has 1 N–H and O–H groups in total. The van der Waals surface area contributed by atoms with E-state index in [1.54, 1.807) is 10.9 Å². The fourth-order valence-corrected chi connectivity index (χ4v) is 2.91. The Labute approximate surface area is 125 Å². The molecule has 0 aliphatic carbocycles. The third kappa shape index (κ3) is 3.62. The number of carbonyl (C=O) groups is 2. The molecule has 1 atom stereocenters. The third-order valence-corrected chi connectivity index (χ3v) is 3.89. The van der Waals surface area contributed by atoms with Crippen molar-refractivity contribution in [1.29, 1.82) is 0 Å². The summed E-state index contributed by atoms with van der Waals surface area (Å²) in [6, 6.07) is 0.0616. The highest BCUT2D eigenvalue weighted by Crippen LogP contribution is 2.17. The number of hydrogen-bond acceptors (Lipinski definition) is 3. The lowest BCUT2D eigenvalue weighted by Crippen LogP contribution is -2.49. The van der Waals surface area contributed by atoms with Gasteiger partial charge < -0.3 is 10.2 Å². The summed E-state index contributed by atoms with van der Waals surface area (Å²) in [5.74, 6) is -0.0102. The first-order valence-corrected chi connectivity index (χ1v) is 7.60. The number of nitrogens with one attached hydrogen (secondary N) is 1. The molecule has 1 aromatic rings. The van der Waals surface area contributed by atoms with Crippen LogP contribution in [0.5, 0.6) is 0 Å². The maximum Gasteiger partial charge on any atom is 0.257 e. The Morgan fingerprint density at radius 3 is 2.90 bits per heavy atom. The molecule has 0 radical (unpaired) electrons. The molecule has 116 valence electrons. The normalized spacial score (nSPS) is 18.6. The molecule has 21 heavy (non-hydrogen) atoms. The summed E-state index contributed by atoms with van der Waals surface area (Å²) < 4.78 is 1.78. The molecule has 2 rings (SSSR count). The predicted molar refractivity (Wildman–Crippen MR) is 79.9 cm³/mol. The van der Waals surface area contributed by atoms with Gasteiger partial charge in [-0.15, -0.1) is 0 Å². The number of piperidine rings is 1.